The highest BCUT2D eigenvalue weighted by Gasteiger charge is 2.42. The van der Waals surface area contributed by atoms with E-state index in [0.717, 1.165) is 5.56 Å². The topological polar surface area (TPSA) is 151 Å². The number of carbonyl (C=O) groups is 2. The number of aromatic hydroxyl groups is 1. The first-order valence-electron chi connectivity index (χ1n) is 10.5. The van der Waals surface area contributed by atoms with E-state index in [0.29, 0.717) is 25.7 Å². The number of hydrogen-bond acceptors (Lipinski definition) is 8. The summed E-state index contributed by atoms with van der Waals surface area (Å²) in [4.78, 5) is 43.8. The summed E-state index contributed by atoms with van der Waals surface area (Å²) >= 11 is 0. The van der Waals surface area contributed by atoms with Crippen molar-refractivity contribution < 1.29 is 29.3 Å². The molecule has 1 aliphatic carbocycles. The molecule has 0 spiro atoms. The number of aromatic nitrogens is 2. The first-order chi connectivity index (χ1) is 15.4. The van der Waals surface area contributed by atoms with Crippen molar-refractivity contribution in [2.75, 3.05) is 13.2 Å². The van der Waals surface area contributed by atoms with E-state index in [-0.39, 0.29) is 31.6 Å². The van der Waals surface area contributed by atoms with Gasteiger partial charge in [0.2, 0.25) is 5.75 Å². The first-order valence-corrected chi connectivity index (χ1v) is 10.5. The third-order valence-corrected chi connectivity index (χ3v) is 5.59. The fourth-order valence-corrected chi connectivity index (χ4v) is 3.76. The fraction of sp³-hybridized carbons (Fsp3) is 0.455. The van der Waals surface area contributed by atoms with Crippen molar-refractivity contribution in [1.29, 1.82) is 0 Å². The summed E-state index contributed by atoms with van der Waals surface area (Å²) in [7, 11) is 0. The zero-order valence-electron chi connectivity index (χ0n) is 17.8. The molecular formula is C22H27N3O7. The molecule has 0 aliphatic heterocycles. The number of alkyl carbamates (subject to hydrolysis) is 1. The molecule has 10 heteroatoms. The van der Waals surface area contributed by atoms with Crippen molar-refractivity contribution in [3.8, 4) is 5.75 Å². The van der Waals surface area contributed by atoms with Gasteiger partial charge in [0, 0.05) is 6.61 Å². The highest BCUT2D eigenvalue weighted by atomic mass is 16.5. The van der Waals surface area contributed by atoms with Crippen LogP contribution in [-0.4, -0.2) is 45.5 Å². The Kier molecular flexibility index (Phi) is 7.47. The van der Waals surface area contributed by atoms with Gasteiger partial charge in [-0.3, -0.25) is 4.79 Å². The van der Waals surface area contributed by atoms with Gasteiger partial charge in [-0.1, -0.05) is 30.3 Å². The number of carbonyl (C=O) groups excluding carboxylic acids is 2. The lowest BCUT2D eigenvalue weighted by Gasteiger charge is -2.39. The summed E-state index contributed by atoms with van der Waals surface area (Å²) < 4.78 is 10.2. The molecule has 1 aliphatic rings. The molecule has 1 saturated carbocycles. The fourth-order valence-electron chi connectivity index (χ4n) is 3.76. The van der Waals surface area contributed by atoms with E-state index in [9.17, 15) is 24.6 Å². The minimum absolute atomic E-state index is 0.00212. The van der Waals surface area contributed by atoms with Gasteiger partial charge < -0.3 is 30.0 Å². The van der Waals surface area contributed by atoms with Crippen molar-refractivity contribution in [2.45, 2.75) is 44.8 Å². The van der Waals surface area contributed by atoms with Crippen molar-refractivity contribution in [2.24, 2.45) is 5.92 Å². The molecular weight excluding hydrogens is 418 g/mol. The highest BCUT2D eigenvalue weighted by molar-refractivity contribution is 5.90. The molecule has 1 amide bonds. The molecule has 10 nitrogen and oxygen atoms in total. The number of rotatable bonds is 7. The Morgan fingerprint density at radius 1 is 1.22 bits per heavy atom. The number of esters is 1. The lowest BCUT2D eigenvalue weighted by molar-refractivity contribution is 0.0513. The van der Waals surface area contributed by atoms with Gasteiger partial charge in [0.1, 0.15) is 18.0 Å². The van der Waals surface area contributed by atoms with Gasteiger partial charge in [-0.05, 0) is 44.1 Å². The Morgan fingerprint density at radius 3 is 2.53 bits per heavy atom. The Bertz CT molecular complexity index is 998. The van der Waals surface area contributed by atoms with E-state index in [1.54, 1.807) is 6.92 Å². The second-order valence-electron chi connectivity index (χ2n) is 7.73. The molecule has 1 aromatic carbocycles. The Balaban J connectivity index is 1.89. The van der Waals surface area contributed by atoms with Crippen molar-refractivity contribution >= 4 is 12.1 Å². The van der Waals surface area contributed by atoms with Crippen molar-refractivity contribution in [3.05, 3.63) is 57.8 Å². The summed E-state index contributed by atoms with van der Waals surface area (Å²) in [6.45, 7) is 1.68. The second-order valence-corrected chi connectivity index (χ2v) is 7.73. The minimum atomic E-state index is -1.15. The molecule has 0 bridgehead atoms. The van der Waals surface area contributed by atoms with Crippen LogP contribution in [0.3, 0.4) is 0 Å². The number of ether oxygens (including phenoxy) is 2. The van der Waals surface area contributed by atoms with Gasteiger partial charge in [-0.2, -0.15) is 0 Å². The molecule has 0 unspecified atom stereocenters. The number of hydrogen-bond donors (Lipinski definition) is 4. The van der Waals surface area contributed by atoms with E-state index in [4.69, 9.17) is 9.47 Å². The van der Waals surface area contributed by atoms with Gasteiger partial charge in [-0.15, -0.1) is 0 Å². The Labute approximate surface area is 184 Å². The Morgan fingerprint density at radius 2 is 1.91 bits per heavy atom. The van der Waals surface area contributed by atoms with E-state index in [1.807, 2.05) is 30.3 Å². The molecule has 4 N–H and O–H groups in total. The molecule has 1 heterocycles. The maximum Gasteiger partial charge on any atom is 0.408 e. The van der Waals surface area contributed by atoms with Crippen LogP contribution in [0.25, 0.3) is 0 Å². The summed E-state index contributed by atoms with van der Waals surface area (Å²) in [6.07, 6.45) is 1.07. The van der Waals surface area contributed by atoms with Crippen LogP contribution in [0, 0.1) is 5.92 Å². The molecule has 1 fully saturated rings. The van der Waals surface area contributed by atoms with Crippen molar-refractivity contribution in [1.82, 2.24) is 15.3 Å². The van der Waals surface area contributed by atoms with E-state index in [2.05, 4.69) is 15.3 Å². The maximum absolute atomic E-state index is 12.6. The maximum atomic E-state index is 12.6. The smallest absolute Gasteiger partial charge is 0.408 e. The quantitative estimate of drug-likeness (QED) is 0.472. The summed E-state index contributed by atoms with van der Waals surface area (Å²) in [5.74, 6) is -1.73. The van der Waals surface area contributed by atoms with Crippen LogP contribution in [-0.2, 0) is 21.6 Å². The number of aliphatic hydroxyl groups excluding tert-OH is 1. The highest BCUT2D eigenvalue weighted by Crippen LogP contribution is 2.38. The van der Waals surface area contributed by atoms with Gasteiger partial charge in [-0.25, -0.2) is 14.6 Å². The number of H-pyrrole nitrogens is 1. The number of aromatic amines is 1. The second kappa shape index (κ2) is 10.3. The number of nitrogens with one attached hydrogen (secondary N) is 2. The van der Waals surface area contributed by atoms with E-state index in [1.165, 1.54) is 0 Å². The standard InChI is InChI=1S/C22H27N3O7/c1-2-31-19(29)16-17(27)18(28)24-20(23-16)22(10-8-14(12-26)9-11-22)25-21(30)32-13-15-6-4-3-5-7-15/h3-7,14,26-27H,2,8-13H2,1H3,(H,25,30)(H,23,24,28). The summed E-state index contributed by atoms with van der Waals surface area (Å²) in [6, 6.07) is 9.15. The summed E-state index contributed by atoms with van der Waals surface area (Å²) in [5.41, 5.74) is -1.77. The van der Waals surface area contributed by atoms with Crippen LogP contribution < -0.4 is 10.9 Å². The van der Waals surface area contributed by atoms with Crippen LogP contribution in [0.15, 0.2) is 35.1 Å². The molecule has 0 radical (unpaired) electrons. The minimum Gasteiger partial charge on any atom is -0.501 e. The van der Waals surface area contributed by atoms with E-state index < -0.39 is 34.6 Å². The SMILES string of the molecule is CCOC(=O)c1nc(C2(NC(=O)OCc3ccccc3)CCC(CO)CC2)[nH]c(=O)c1O. The van der Waals surface area contributed by atoms with Crippen LogP contribution in [0.5, 0.6) is 5.75 Å². The van der Waals surface area contributed by atoms with Gasteiger partial charge in [0.15, 0.2) is 5.69 Å². The zero-order chi connectivity index (χ0) is 23.1. The molecule has 2 aromatic rings. The molecule has 172 valence electrons. The third-order valence-electron chi connectivity index (χ3n) is 5.59. The average Bonchev–Trinajstić information content (AvgIpc) is 2.80. The molecule has 3 rings (SSSR count). The predicted octanol–water partition coefficient (Wildman–Crippen LogP) is 1.96. The van der Waals surface area contributed by atoms with Crippen LogP contribution >= 0.6 is 0 Å². The lowest BCUT2D eigenvalue weighted by Crippen LogP contribution is -2.50. The molecule has 1 aromatic heterocycles. The van der Waals surface area contributed by atoms with E-state index >= 15 is 0 Å². The summed E-state index contributed by atoms with van der Waals surface area (Å²) in [5, 5.41) is 22.3. The predicted molar refractivity (Wildman–Crippen MR) is 113 cm³/mol. The first kappa shape index (κ1) is 23.3. The van der Waals surface area contributed by atoms with Crippen LogP contribution in [0.2, 0.25) is 0 Å². The lowest BCUT2D eigenvalue weighted by atomic mass is 9.76. The normalized spacial score (nSPS) is 20.4. The van der Waals surface area contributed by atoms with Crippen LogP contribution in [0.1, 0.15) is 54.5 Å². The van der Waals surface area contributed by atoms with Gasteiger partial charge >= 0.3 is 12.1 Å². The monoisotopic (exact) mass is 445 g/mol. The number of amides is 1. The molecule has 0 saturated heterocycles. The molecule has 0 atom stereocenters. The average molecular weight is 445 g/mol. The number of nitrogens with zero attached hydrogens (tertiary/aromatic N) is 1. The zero-order valence-corrected chi connectivity index (χ0v) is 17.8. The van der Waals surface area contributed by atoms with Gasteiger partial charge in [0.25, 0.3) is 5.56 Å². The van der Waals surface area contributed by atoms with Crippen LogP contribution in [0.4, 0.5) is 4.79 Å². The van der Waals surface area contributed by atoms with Gasteiger partial charge in [0.05, 0.1) is 6.61 Å². The molecule has 32 heavy (non-hydrogen) atoms. The Hall–Kier alpha value is -3.40. The number of aliphatic hydroxyl groups is 1. The van der Waals surface area contributed by atoms with Crippen molar-refractivity contribution in [3.63, 3.8) is 0 Å². The number of benzene rings is 1. The third kappa shape index (κ3) is 5.25. The largest absolute Gasteiger partial charge is 0.501 e.